The van der Waals surface area contributed by atoms with E-state index in [9.17, 15) is 18.0 Å². The van der Waals surface area contributed by atoms with Gasteiger partial charge in [0, 0.05) is 23.5 Å². The molecule has 0 aliphatic carbocycles. The normalized spacial score (nSPS) is 11.2. The fraction of sp³-hybridized carbons (Fsp3) is 0.136. The Hall–Kier alpha value is -3.90. The molecule has 2 N–H and O–H groups in total. The van der Waals surface area contributed by atoms with Crippen molar-refractivity contribution in [3.63, 3.8) is 0 Å². The van der Waals surface area contributed by atoms with Crippen molar-refractivity contribution in [1.82, 2.24) is 19.7 Å². The van der Waals surface area contributed by atoms with Crippen LogP contribution >= 0.6 is 11.3 Å². The smallest absolute Gasteiger partial charge is 0.267 e. The SMILES string of the molecule is Cc1cc(NS(=O)(=O)c2ccc(NC(=O)Cn3nc(-c4cccs4)ccc3=O)cc2)nc(C)n1. The summed E-state index contributed by atoms with van der Waals surface area (Å²) in [6.07, 6.45) is 0. The molecule has 0 atom stereocenters. The largest absolute Gasteiger partial charge is 0.324 e. The zero-order valence-electron chi connectivity index (χ0n) is 18.2. The zero-order valence-corrected chi connectivity index (χ0v) is 19.9. The lowest BCUT2D eigenvalue weighted by Crippen LogP contribution is -2.29. The monoisotopic (exact) mass is 496 g/mol. The van der Waals surface area contributed by atoms with Crippen molar-refractivity contribution in [3.8, 4) is 10.6 Å². The highest BCUT2D eigenvalue weighted by Crippen LogP contribution is 2.21. The summed E-state index contributed by atoms with van der Waals surface area (Å²) in [5.74, 6) is 0.147. The predicted octanol–water partition coefficient (Wildman–Crippen LogP) is 2.82. The molecule has 0 bridgehead atoms. The second-order valence-corrected chi connectivity index (χ2v) is 9.94. The maximum atomic E-state index is 12.7. The summed E-state index contributed by atoms with van der Waals surface area (Å²) in [5.41, 5.74) is 1.20. The molecule has 0 saturated carbocycles. The van der Waals surface area contributed by atoms with E-state index in [1.54, 1.807) is 19.9 Å². The molecule has 174 valence electrons. The van der Waals surface area contributed by atoms with Crippen molar-refractivity contribution >= 4 is 38.8 Å². The van der Waals surface area contributed by atoms with Crippen LogP contribution in [0.5, 0.6) is 0 Å². The number of thiophene rings is 1. The number of aromatic nitrogens is 4. The quantitative estimate of drug-likeness (QED) is 0.401. The van der Waals surface area contributed by atoms with E-state index in [1.165, 1.54) is 47.7 Å². The average Bonchev–Trinajstić information content (AvgIpc) is 3.29. The second kappa shape index (κ2) is 9.53. The van der Waals surface area contributed by atoms with Gasteiger partial charge in [-0.15, -0.1) is 11.3 Å². The number of anilines is 2. The molecule has 1 aromatic carbocycles. The Bertz CT molecular complexity index is 1480. The molecule has 0 aliphatic rings. The standard InChI is InChI=1S/C22H20N6O4S2/c1-14-12-20(24-15(2)23-14)27-34(31,32)17-7-5-16(6-8-17)25-21(29)13-28-22(30)10-9-18(26-28)19-4-3-11-33-19/h3-12H,13H2,1-2H3,(H,25,29)(H,23,24,27). The lowest BCUT2D eigenvalue weighted by molar-refractivity contribution is -0.117. The number of carbonyl (C=O) groups excluding carboxylic acids is 1. The third-order valence-electron chi connectivity index (χ3n) is 4.59. The van der Waals surface area contributed by atoms with E-state index in [2.05, 4.69) is 25.1 Å². The van der Waals surface area contributed by atoms with E-state index in [0.717, 1.165) is 9.56 Å². The number of sulfonamides is 1. The summed E-state index contributed by atoms with van der Waals surface area (Å²) in [5, 5.41) is 8.79. The molecular formula is C22H20N6O4S2. The molecule has 0 saturated heterocycles. The van der Waals surface area contributed by atoms with Crippen LogP contribution in [0.15, 0.2) is 69.7 Å². The molecule has 12 heteroatoms. The van der Waals surface area contributed by atoms with Crippen molar-refractivity contribution < 1.29 is 13.2 Å². The Labute approximate surface area is 199 Å². The molecule has 0 spiro atoms. The number of nitrogens with one attached hydrogen (secondary N) is 2. The van der Waals surface area contributed by atoms with Gasteiger partial charge < -0.3 is 5.32 Å². The van der Waals surface area contributed by atoms with Crippen LogP contribution in [0.2, 0.25) is 0 Å². The summed E-state index contributed by atoms with van der Waals surface area (Å²) < 4.78 is 28.8. The first-order valence-corrected chi connectivity index (χ1v) is 12.4. The number of aryl methyl sites for hydroxylation is 2. The van der Waals surface area contributed by atoms with E-state index in [-0.39, 0.29) is 17.3 Å². The van der Waals surface area contributed by atoms with Crippen LogP contribution in [0, 0.1) is 13.8 Å². The topological polar surface area (TPSA) is 136 Å². The van der Waals surface area contributed by atoms with Gasteiger partial charge in [0.1, 0.15) is 23.9 Å². The van der Waals surface area contributed by atoms with Crippen LogP contribution in [0.1, 0.15) is 11.5 Å². The van der Waals surface area contributed by atoms with Crippen LogP contribution < -0.4 is 15.6 Å². The van der Waals surface area contributed by atoms with Crippen molar-refractivity contribution in [2.24, 2.45) is 0 Å². The predicted molar refractivity (Wildman–Crippen MR) is 129 cm³/mol. The molecule has 4 aromatic rings. The third-order valence-corrected chi connectivity index (χ3v) is 6.85. The molecule has 0 radical (unpaired) electrons. The minimum Gasteiger partial charge on any atom is -0.324 e. The van der Waals surface area contributed by atoms with Crippen LogP contribution in [0.25, 0.3) is 10.6 Å². The van der Waals surface area contributed by atoms with E-state index in [0.29, 0.717) is 22.9 Å². The minimum absolute atomic E-state index is 0.000882. The number of hydrogen-bond donors (Lipinski definition) is 2. The van der Waals surface area contributed by atoms with Gasteiger partial charge in [0.05, 0.1) is 9.77 Å². The molecule has 1 amide bonds. The second-order valence-electron chi connectivity index (χ2n) is 7.31. The van der Waals surface area contributed by atoms with Crippen LogP contribution in [0.4, 0.5) is 11.5 Å². The number of nitrogens with zero attached hydrogens (tertiary/aromatic N) is 4. The Morgan fingerprint density at radius 3 is 2.50 bits per heavy atom. The van der Waals surface area contributed by atoms with Crippen molar-refractivity contribution in [2.75, 3.05) is 10.0 Å². The average molecular weight is 497 g/mol. The number of amides is 1. The maximum Gasteiger partial charge on any atom is 0.267 e. The van der Waals surface area contributed by atoms with Crippen LogP contribution in [-0.2, 0) is 21.4 Å². The Kier molecular flexibility index (Phi) is 6.52. The fourth-order valence-corrected chi connectivity index (χ4v) is 4.82. The zero-order chi connectivity index (χ0) is 24.3. The van der Waals surface area contributed by atoms with E-state index in [1.807, 2.05) is 17.5 Å². The van der Waals surface area contributed by atoms with E-state index in [4.69, 9.17) is 0 Å². The highest BCUT2D eigenvalue weighted by atomic mass is 32.2. The molecule has 0 aliphatic heterocycles. The molecule has 3 aromatic heterocycles. The van der Waals surface area contributed by atoms with E-state index < -0.39 is 21.5 Å². The first-order chi connectivity index (χ1) is 16.2. The molecule has 10 nitrogen and oxygen atoms in total. The van der Waals surface area contributed by atoms with Crippen molar-refractivity contribution in [2.45, 2.75) is 25.3 Å². The van der Waals surface area contributed by atoms with Gasteiger partial charge in [-0.2, -0.15) is 5.10 Å². The third kappa shape index (κ3) is 5.53. The van der Waals surface area contributed by atoms with Gasteiger partial charge in [0.15, 0.2) is 0 Å². The Morgan fingerprint density at radius 1 is 1.06 bits per heavy atom. The van der Waals surface area contributed by atoms with Gasteiger partial charge in [-0.1, -0.05) is 6.07 Å². The van der Waals surface area contributed by atoms with Crippen LogP contribution in [-0.4, -0.2) is 34.1 Å². The first kappa shape index (κ1) is 23.3. The highest BCUT2D eigenvalue weighted by Gasteiger charge is 2.16. The van der Waals surface area contributed by atoms with Gasteiger partial charge in [-0.05, 0) is 55.6 Å². The summed E-state index contributed by atoms with van der Waals surface area (Å²) in [6, 6.07) is 13.9. The fourth-order valence-electron chi connectivity index (χ4n) is 3.14. The number of hydrogen-bond acceptors (Lipinski definition) is 8. The van der Waals surface area contributed by atoms with Gasteiger partial charge in [0.25, 0.3) is 15.6 Å². The summed E-state index contributed by atoms with van der Waals surface area (Å²) in [6.45, 7) is 3.13. The Balaban J connectivity index is 1.44. The van der Waals surface area contributed by atoms with Gasteiger partial charge in [-0.3, -0.25) is 14.3 Å². The maximum absolute atomic E-state index is 12.7. The minimum atomic E-state index is -3.88. The lowest BCUT2D eigenvalue weighted by atomic mass is 10.3. The molecule has 0 unspecified atom stereocenters. The summed E-state index contributed by atoms with van der Waals surface area (Å²) in [7, 11) is -3.88. The molecule has 3 heterocycles. The molecule has 34 heavy (non-hydrogen) atoms. The van der Waals surface area contributed by atoms with Gasteiger partial charge in [-0.25, -0.2) is 23.1 Å². The lowest BCUT2D eigenvalue weighted by Gasteiger charge is -2.10. The van der Waals surface area contributed by atoms with Crippen molar-refractivity contribution in [3.05, 3.63) is 81.8 Å². The van der Waals surface area contributed by atoms with Crippen LogP contribution in [0.3, 0.4) is 0 Å². The summed E-state index contributed by atoms with van der Waals surface area (Å²) in [4.78, 5) is 33.7. The Morgan fingerprint density at radius 2 is 1.82 bits per heavy atom. The number of carbonyl (C=O) groups is 1. The van der Waals surface area contributed by atoms with Crippen molar-refractivity contribution in [1.29, 1.82) is 0 Å². The number of rotatable bonds is 7. The van der Waals surface area contributed by atoms with Gasteiger partial charge in [0.2, 0.25) is 5.91 Å². The van der Waals surface area contributed by atoms with Gasteiger partial charge >= 0.3 is 0 Å². The molecular weight excluding hydrogens is 476 g/mol. The first-order valence-electron chi connectivity index (χ1n) is 10.1. The summed E-state index contributed by atoms with van der Waals surface area (Å²) >= 11 is 1.48. The highest BCUT2D eigenvalue weighted by molar-refractivity contribution is 7.92. The number of benzene rings is 1. The molecule has 0 fully saturated rings. The molecule has 4 rings (SSSR count). The van der Waals surface area contributed by atoms with E-state index >= 15 is 0 Å².